The van der Waals surface area contributed by atoms with Gasteiger partial charge in [0.25, 0.3) is 0 Å². The van der Waals surface area contributed by atoms with E-state index in [1.165, 1.54) is 5.56 Å². The van der Waals surface area contributed by atoms with Gasteiger partial charge in [0.1, 0.15) is 5.82 Å². The van der Waals surface area contributed by atoms with Gasteiger partial charge in [-0.3, -0.25) is 4.98 Å². The molecule has 1 fully saturated rings. The Bertz CT molecular complexity index is 817. The summed E-state index contributed by atoms with van der Waals surface area (Å²) in [5, 5.41) is 0. The van der Waals surface area contributed by atoms with Gasteiger partial charge in [-0.25, -0.2) is 9.97 Å². The molecular weight excluding hydrogens is 316 g/mol. The molecule has 1 saturated heterocycles. The highest BCUT2D eigenvalue weighted by molar-refractivity contribution is 5.54. The van der Waals surface area contributed by atoms with Gasteiger partial charge >= 0.3 is 0 Å². The molecule has 4 rings (SSSR count). The number of hydrogen-bond acceptors (Lipinski definition) is 5. The molecule has 3 aromatic rings. The molecule has 0 spiro atoms. The van der Waals surface area contributed by atoms with Crippen molar-refractivity contribution in [3.63, 3.8) is 0 Å². The summed E-state index contributed by atoms with van der Waals surface area (Å²) < 4.78 is 13.1. The summed E-state index contributed by atoms with van der Waals surface area (Å²) in [6.45, 7) is 1.45. The molecule has 128 valence electrons. The average molecular weight is 336 g/mol. The number of rotatable bonds is 5. The predicted octanol–water partition coefficient (Wildman–Crippen LogP) is 2.78. The number of methoxy groups -OCH3 is 1. The van der Waals surface area contributed by atoms with Crippen molar-refractivity contribution in [1.29, 1.82) is 0 Å². The van der Waals surface area contributed by atoms with Crippen molar-refractivity contribution in [2.24, 2.45) is 5.92 Å². The fourth-order valence-corrected chi connectivity index (χ4v) is 3.35. The second-order valence-electron chi connectivity index (χ2n) is 6.17. The zero-order valence-corrected chi connectivity index (χ0v) is 14.1. The first-order chi connectivity index (χ1) is 12.3. The summed E-state index contributed by atoms with van der Waals surface area (Å²) in [6.07, 6.45) is 10.3. The standard InChI is InChI=1S/C19H20N4O2/c1-24-18-3-2-15(11-22-18)19-21-8-9-23(19)17-13-25-12-16(17)10-14-4-6-20-7-5-14/h2-9,11,16-17H,10,12-13H2,1H3/t16-,17-/m1/s1. The zero-order valence-electron chi connectivity index (χ0n) is 14.1. The topological polar surface area (TPSA) is 62.1 Å². The van der Waals surface area contributed by atoms with Crippen LogP contribution in [0.2, 0.25) is 0 Å². The van der Waals surface area contributed by atoms with Crippen LogP contribution >= 0.6 is 0 Å². The van der Waals surface area contributed by atoms with Crippen LogP contribution in [0, 0.1) is 5.92 Å². The Morgan fingerprint density at radius 3 is 2.76 bits per heavy atom. The van der Waals surface area contributed by atoms with E-state index in [0.29, 0.717) is 18.4 Å². The Kier molecular flexibility index (Phi) is 4.43. The van der Waals surface area contributed by atoms with Crippen LogP contribution < -0.4 is 4.74 Å². The average Bonchev–Trinajstić information content (AvgIpc) is 3.31. The molecule has 0 N–H and O–H groups in total. The maximum atomic E-state index is 5.79. The molecule has 0 amide bonds. The van der Waals surface area contributed by atoms with Gasteiger partial charge in [-0.1, -0.05) is 0 Å². The lowest BCUT2D eigenvalue weighted by Crippen LogP contribution is -2.20. The van der Waals surface area contributed by atoms with Crippen LogP contribution in [0.5, 0.6) is 5.88 Å². The second kappa shape index (κ2) is 7.03. The van der Waals surface area contributed by atoms with Gasteiger partial charge in [-0.2, -0.15) is 0 Å². The molecular formula is C19H20N4O2. The van der Waals surface area contributed by atoms with Gasteiger partial charge in [0.05, 0.1) is 26.4 Å². The monoisotopic (exact) mass is 336 g/mol. The number of hydrogen-bond donors (Lipinski definition) is 0. The van der Waals surface area contributed by atoms with Crippen LogP contribution in [-0.2, 0) is 11.2 Å². The Hall–Kier alpha value is -2.73. The number of pyridine rings is 2. The SMILES string of the molecule is COc1ccc(-c2nccn2[C@@H]2COC[C@H]2Cc2ccncc2)cn1. The predicted molar refractivity (Wildman–Crippen MR) is 93.3 cm³/mol. The molecule has 0 bridgehead atoms. The largest absolute Gasteiger partial charge is 0.481 e. The molecule has 6 heteroatoms. The number of nitrogens with zero attached hydrogens (tertiary/aromatic N) is 4. The highest BCUT2D eigenvalue weighted by Crippen LogP contribution is 2.32. The number of ether oxygens (including phenoxy) is 2. The minimum atomic E-state index is 0.257. The van der Waals surface area contributed by atoms with Crippen LogP contribution in [0.25, 0.3) is 11.4 Å². The van der Waals surface area contributed by atoms with E-state index in [2.05, 4.69) is 31.7 Å². The van der Waals surface area contributed by atoms with Gasteiger partial charge in [0.2, 0.25) is 5.88 Å². The van der Waals surface area contributed by atoms with Crippen LogP contribution in [0.4, 0.5) is 0 Å². The first-order valence-corrected chi connectivity index (χ1v) is 8.35. The van der Waals surface area contributed by atoms with Crippen molar-refractivity contribution in [2.45, 2.75) is 12.5 Å². The molecule has 0 radical (unpaired) electrons. The molecule has 3 aromatic heterocycles. The minimum absolute atomic E-state index is 0.257. The van der Waals surface area contributed by atoms with Crippen LogP contribution in [0.1, 0.15) is 11.6 Å². The summed E-state index contributed by atoms with van der Waals surface area (Å²) in [5.41, 5.74) is 2.25. The molecule has 1 aliphatic heterocycles. The summed E-state index contributed by atoms with van der Waals surface area (Å²) in [4.78, 5) is 12.9. The molecule has 0 aromatic carbocycles. The van der Waals surface area contributed by atoms with E-state index < -0.39 is 0 Å². The van der Waals surface area contributed by atoms with Crippen LogP contribution in [0.3, 0.4) is 0 Å². The molecule has 1 aliphatic rings. The molecule has 0 aliphatic carbocycles. The first kappa shape index (κ1) is 15.8. The van der Waals surface area contributed by atoms with Crippen molar-refractivity contribution in [1.82, 2.24) is 19.5 Å². The van der Waals surface area contributed by atoms with Gasteiger partial charge in [0, 0.05) is 48.5 Å². The van der Waals surface area contributed by atoms with E-state index in [9.17, 15) is 0 Å². The molecule has 0 saturated carbocycles. The fraction of sp³-hybridized carbons (Fsp3) is 0.316. The highest BCUT2D eigenvalue weighted by atomic mass is 16.5. The van der Waals surface area contributed by atoms with Gasteiger partial charge in [0.15, 0.2) is 0 Å². The summed E-state index contributed by atoms with van der Waals surface area (Å²) in [6, 6.07) is 8.23. The Morgan fingerprint density at radius 1 is 1.12 bits per heavy atom. The van der Waals surface area contributed by atoms with E-state index in [1.807, 2.05) is 36.9 Å². The molecule has 25 heavy (non-hydrogen) atoms. The lowest BCUT2D eigenvalue weighted by atomic mass is 9.95. The maximum absolute atomic E-state index is 5.79. The van der Waals surface area contributed by atoms with E-state index in [-0.39, 0.29) is 6.04 Å². The van der Waals surface area contributed by atoms with Crippen LogP contribution in [0.15, 0.2) is 55.2 Å². The summed E-state index contributed by atoms with van der Waals surface area (Å²) in [7, 11) is 1.61. The third-order valence-electron chi connectivity index (χ3n) is 4.64. The van der Waals surface area contributed by atoms with E-state index in [0.717, 1.165) is 24.4 Å². The third kappa shape index (κ3) is 3.25. The number of imidazole rings is 1. The van der Waals surface area contributed by atoms with E-state index in [1.54, 1.807) is 13.3 Å². The second-order valence-corrected chi connectivity index (χ2v) is 6.17. The number of aromatic nitrogens is 4. The lowest BCUT2D eigenvalue weighted by Gasteiger charge is -2.21. The van der Waals surface area contributed by atoms with Gasteiger partial charge < -0.3 is 14.0 Å². The third-order valence-corrected chi connectivity index (χ3v) is 4.64. The summed E-state index contributed by atoms with van der Waals surface area (Å²) >= 11 is 0. The summed E-state index contributed by atoms with van der Waals surface area (Å²) in [5.74, 6) is 1.91. The lowest BCUT2D eigenvalue weighted by molar-refractivity contribution is 0.181. The minimum Gasteiger partial charge on any atom is -0.481 e. The van der Waals surface area contributed by atoms with Crippen molar-refractivity contribution >= 4 is 0 Å². The normalized spacial score (nSPS) is 19.9. The Morgan fingerprint density at radius 2 is 2.00 bits per heavy atom. The Balaban J connectivity index is 1.59. The van der Waals surface area contributed by atoms with Crippen molar-refractivity contribution in [3.05, 3.63) is 60.8 Å². The smallest absolute Gasteiger partial charge is 0.212 e. The Labute approximate surface area is 146 Å². The van der Waals surface area contributed by atoms with Crippen molar-refractivity contribution in [3.8, 4) is 17.3 Å². The zero-order chi connectivity index (χ0) is 17.1. The molecule has 4 heterocycles. The van der Waals surface area contributed by atoms with Crippen molar-refractivity contribution in [2.75, 3.05) is 20.3 Å². The molecule has 0 unspecified atom stereocenters. The fourth-order valence-electron chi connectivity index (χ4n) is 3.35. The van der Waals surface area contributed by atoms with Gasteiger partial charge in [-0.05, 0) is 30.2 Å². The first-order valence-electron chi connectivity index (χ1n) is 8.35. The molecule has 2 atom stereocenters. The van der Waals surface area contributed by atoms with Gasteiger partial charge in [-0.15, -0.1) is 0 Å². The molecule has 6 nitrogen and oxygen atoms in total. The maximum Gasteiger partial charge on any atom is 0.212 e. The van der Waals surface area contributed by atoms with Crippen LogP contribution in [-0.4, -0.2) is 39.8 Å². The van der Waals surface area contributed by atoms with Crippen molar-refractivity contribution < 1.29 is 9.47 Å². The quantitative estimate of drug-likeness (QED) is 0.717. The van der Waals surface area contributed by atoms with E-state index >= 15 is 0 Å². The highest BCUT2D eigenvalue weighted by Gasteiger charge is 2.31. The van der Waals surface area contributed by atoms with E-state index in [4.69, 9.17) is 9.47 Å².